The fourth-order valence-corrected chi connectivity index (χ4v) is 9.92. The molecule has 6 heteroatoms. The van der Waals surface area contributed by atoms with Gasteiger partial charge < -0.3 is 20.0 Å². The molecule has 0 amide bonds. The van der Waals surface area contributed by atoms with E-state index in [0.29, 0.717) is 0 Å². The lowest BCUT2D eigenvalue weighted by Crippen LogP contribution is -2.29. The minimum Gasteiger partial charge on any atom is -0.377 e. The van der Waals surface area contributed by atoms with E-state index >= 15 is 0 Å². The van der Waals surface area contributed by atoms with Crippen molar-refractivity contribution >= 4 is 52.1 Å². The lowest BCUT2D eigenvalue weighted by Gasteiger charge is -2.36. The van der Waals surface area contributed by atoms with Crippen molar-refractivity contribution in [1.82, 2.24) is 19.9 Å². The number of rotatable bonds is 5. The van der Waals surface area contributed by atoms with Gasteiger partial charge in [0, 0.05) is 68.1 Å². The van der Waals surface area contributed by atoms with Crippen LogP contribution in [0.15, 0.2) is 164 Å². The van der Waals surface area contributed by atoms with Gasteiger partial charge in [0.25, 0.3) is 0 Å². The Morgan fingerprint density at radius 3 is 1.44 bits per heavy atom. The number of fused-ring (bicyclic) bond motifs is 11. The molecule has 8 bridgehead atoms. The number of H-pyrrole nitrogens is 2. The molecule has 0 spiro atoms. The number of hydrogen-bond acceptors (Lipinski definition) is 4. The molecule has 0 radical (unpaired) electrons. The zero-order chi connectivity index (χ0) is 40.3. The molecule has 5 aromatic carbocycles. The number of hydrogen-bond donors (Lipinski definition) is 3. The van der Waals surface area contributed by atoms with Crippen LogP contribution in [0.1, 0.15) is 52.5 Å². The van der Waals surface area contributed by atoms with Crippen LogP contribution >= 0.6 is 0 Å². The minimum absolute atomic E-state index is 0.00330. The van der Waals surface area contributed by atoms with Gasteiger partial charge in [0.2, 0.25) is 0 Å². The van der Waals surface area contributed by atoms with E-state index in [1.165, 1.54) is 11.1 Å². The number of aromatic amines is 2. The molecule has 12 rings (SSSR count). The highest BCUT2D eigenvalue weighted by Gasteiger charge is 2.42. The fourth-order valence-electron chi connectivity index (χ4n) is 9.92. The van der Waals surface area contributed by atoms with Gasteiger partial charge in [-0.05, 0) is 77.2 Å². The number of aromatic nitrogens is 4. The molecular formula is C55H41N5O. The van der Waals surface area contributed by atoms with Crippen LogP contribution < -0.4 is 5.32 Å². The van der Waals surface area contributed by atoms with E-state index in [1.54, 1.807) is 0 Å². The highest BCUT2D eigenvalue weighted by molar-refractivity contribution is 6.00. The molecule has 3 aromatic heterocycles. The quantitative estimate of drug-likeness (QED) is 0.162. The van der Waals surface area contributed by atoms with Gasteiger partial charge in [-0.1, -0.05) is 140 Å². The Labute approximate surface area is 354 Å². The summed E-state index contributed by atoms with van der Waals surface area (Å²) >= 11 is 0. The summed E-state index contributed by atoms with van der Waals surface area (Å²) < 4.78 is 6.57. The van der Waals surface area contributed by atoms with Gasteiger partial charge >= 0.3 is 0 Å². The summed E-state index contributed by atoms with van der Waals surface area (Å²) in [6.45, 7) is 0.720. The normalized spacial score (nSPS) is 17.5. The Morgan fingerprint density at radius 1 is 0.443 bits per heavy atom. The second-order valence-electron chi connectivity index (χ2n) is 16.1. The Kier molecular flexibility index (Phi) is 8.49. The number of benzene rings is 5. The van der Waals surface area contributed by atoms with Crippen LogP contribution in [0.25, 0.3) is 90.9 Å². The standard InChI is InChI=1S/C55H41N5O/c1-5-15-34(16-6-1)49-42-25-26-43(56-42)50(35-17-7-2-8-18-35)45-29-30-47(58-45)52(37-21-11-4-12-22-37)54-40(53-39-31-32-61-55(39)38-23-13-14-24-41(38)59-53)33-48(60-54)51(36-19-9-3-10-20-36)46-28-27-44(49)57-46/h1-30,33,39,53,55-56,59-60H,31-32H2/t39-,53-,55+/m1/s1. The van der Waals surface area contributed by atoms with Crippen molar-refractivity contribution in [3.05, 3.63) is 198 Å². The summed E-state index contributed by atoms with van der Waals surface area (Å²) in [4.78, 5) is 19.1. The summed E-state index contributed by atoms with van der Waals surface area (Å²) in [6, 6.07) is 57.8. The van der Waals surface area contributed by atoms with E-state index < -0.39 is 0 Å². The fraction of sp³-hybridized carbons (Fsp3) is 0.0909. The summed E-state index contributed by atoms with van der Waals surface area (Å²) in [5.41, 5.74) is 19.5. The van der Waals surface area contributed by atoms with Crippen LogP contribution in [-0.4, -0.2) is 26.5 Å². The lowest BCUT2D eigenvalue weighted by atomic mass is 9.80. The Morgan fingerprint density at radius 2 is 0.902 bits per heavy atom. The Bertz CT molecular complexity index is 3200. The van der Waals surface area contributed by atoms with Crippen molar-refractivity contribution in [2.24, 2.45) is 5.92 Å². The van der Waals surface area contributed by atoms with Gasteiger partial charge in [-0.3, -0.25) is 0 Å². The average Bonchev–Trinajstić information content (AvgIpc) is 4.18. The van der Waals surface area contributed by atoms with Gasteiger partial charge in [-0.25, -0.2) is 9.97 Å². The molecule has 4 aliphatic heterocycles. The van der Waals surface area contributed by atoms with Crippen LogP contribution in [0.4, 0.5) is 5.69 Å². The van der Waals surface area contributed by atoms with E-state index in [0.717, 1.165) is 108 Å². The lowest BCUT2D eigenvalue weighted by molar-refractivity contribution is 0.0831. The molecule has 1 fully saturated rings. The molecule has 3 N–H and O–H groups in total. The third-order valence-corrected chi connectivity index (χ3v) is 12.6. The average molecular weight is 788 g/mol. The molecule has 8 aromatic rings. The summed E-state index contributed by atoms with van der Waals surface area (Å²) in [5, 5.41) is 4.04. The molecule has 1 saturated heterocycles. The van der Waals surface area contributed by atoms with E-state index in [1.807, 2.05) is 0 Å². The SMILES string of the molecule is C1=Cc2nc1c(-c1ccccc1)c1ccc([nH]1)c(-c1ccccc1)c1nc(c(-c3ccccc3)c3[nH]c(cc3[C@@H]3Nc4ccccc4[C@@H]4OCC[C@H]34)c2-c2ccccc2)C=C1. The van der Waals surface area contributed by atoms with Crippen molar-refractivity contribution in [3.8, 4) is 44.5 Å². The predicted octanol–water partition coefficient (Wildman–Crippen LogP) is 13.6. The number of para-hydroxylation sites is 1. The molecule has 3 atom stereocenters. The molecule has 6 nitrogen and oxygen atoms in total. The molecule has 0 unspecified atom stereocenters. The summed E-state index contributed by atoms with van der Waals surface area (Å²) in [5.74, 6) is 0.221. The Balaban J connectivity index is 1.27. The third-order valence-electron chi connectivity index (χ3n) is 12.6. The number of ether oxygens (including phenoxy) is 1. The molecule has 0 aliphatic carbocycles. The smallest absolute Gasteiger partial charge is 0.0896 e. The van der Waals surface area contributed by atoms with Crippen molar-refractivity contribution in [2.45, 2.75) is 18.6 Å². The van der Waals surface area contributed by atoms with Gasteiger partial charge in [0.1, 0.15) is 0 Å². The molecular weight excluding hydrogens is 747 g/mol. The first kappa shape index (κ1) is 35.4. The molecule has 292 valence electrons. The highest BCUT2D eigenvalue weighted by Crippen LogP contribution is 2.52. The monoisotopic (exact) mass is 787 g/mol. The van der Waals surface area contributed by atoms with Crippen molar-refractivity contribution in [1.29, 1.82) is 0 Å². The molecule has 61 heavy (non-hydrogen) atoms. The molecule has 7 heterocycles. The van der Waals surface area contributed by atoms with Crippen LogP contribution in [0.3, 0.4) is 0 Å². The van der Waals surface area contributed by atoms with Crippen LogP contribution in [-0.2, 0) is 4.74 Å². The first-order valence-electron chi connectivity index (χ1n) is 21.1. The van der Waals surface area contributed by atoms with Gasteiger partial charge in [0.15, 0.2) is 0 Å². The maximum Gasteiger partial charge on any atom is 0.0896 e. The second kappa shape index (κ2) is 14.6. The minimum atomic E-state index is -0.0423. The number of anilines is 1. The van der Waals surface area contributed by atoms with E-state index in [9.17, 15) is 0 Å². The molecule has 4 aliphatic rings. The summed E-state index contributed by atoms with van der Waals surface area (Å²) in [6.07, 6.45) is 9.64. The number of nitrogens with one attached hydrogen (secondary N) is 3. The van der Waals surface area contributed by atoms with E-state index in [2.05, 4.69) is 203 Å². The largest absolute Gasteiger partial charge is 0.377 e. The summed E-state index contributed by atoms with van der Waals surface area (Å²) in [7, 11) is 0. The van der Waals surface area contributed by atoms with Gasteiger partial charge in [-0.2, -0.15) is 0 Å². The Hall–Kier alpha value is -7.54. The van der Waals surface area contributed by atoms with Crippen LogP contribution in [0.5, 0.6) is 0 Å². The van der Waals surface area contributed by atoms with Crippen LogP contribution in [0, 0.1) is 5.92 Å². The topological polar surface area (TPSA) is 78.6 Å². The number of nitrogens with zero attached hydrogens (tertiary/aromatic N) is 2. The van der Waals surface area contributed by atoms with Crippen molar-refractivity contribution in [3.63, 3.8) is 0 Å². The molecule has 0 saturated carbocycles. The van der Waals surface area contributed by atoms with Crippen molar-refractivity contribution in [2.75, 3.05) is 11.9 Å². The van der Waals surface area contributed by atoms with E-state index in [4.69, 9.17) is 14.7 Å². The first-order chi connectivity index (χ1) is 30.2. The van der Waals surface area contributed by atoms with Crippen LogP contribution in [0.2, 0.25) is 0 Å². The first-order valence-corrected chi connectivity index (χ1v) is 21.1. The maximum atomic E-state index is 6.57. The third kappa shape index (κ3) is 6.06. The highest BCUT2D eigenvalue weighted by atomic mass is 16.5. The zero-order valence-electron chi connectivity index (χ0n) is 33.3. The second-order valence-corrected chi connectivity index (χ2v) is 16.1. The van der Waals surface area contributed by atoms with Gasteiger partial charge in [0.05, 0.1) is 40.4 Å². The zero-order valence-corrected chi connectivity index (χ0v) is 33.3. The van der Waals surface area contributed by atoms with Gasteiger partial charge in [-0.15, -0.1) is 0 Å². The maximum absolute atomic E-state index is 6.57. The van der Waals surface area contributed by atoms with E-state index in [-0.39, 0.29) is 18.1 Å². The van der Waals surface area contributed by atoms with Crippen molar-refractivity contribution < 1.29 is 4.74 Å². The predicted molar refractivity (Wildman–Crippen MR) is 250 cm³/mol.